The maximum atomic E-state index is 2.51. The minimum atomic E-state index is 1.09. The van der Waals surface area contributed by atoms with E-state index in [1.54, 1.807) is 0 Å². The molecule has 0 N–H and O–H groups in total. The summed E-state index contributed by atoms with van der Waals surface area (Å²) in [6, 6.07) is 93.4. The van der Waals surface area contributed by atoms with Crippen LogP contribution in [0.25, 0.3) is 104 Å². The first-order chi connectivity index (χ1) is 32.7. The van der Waals surface area contributed by atoms with Crippen LogP contribution in [0.3, 0.4) is 0 Å². The van der Waals surface area contributed by atoms with Crippen LogP contribution < -0.4 is 4.90 Å². The quantitative estimate of drug-likeness (QED) is 0.138. The van der Waals surface area contributed by atoms with Crippen LogP contribution in [0.4, 0.5) is 17.1 Å². The molecule has 0 saturated heterocycles. The molecule has 308 valence electrons. The minimum absolute atomic E-state index is 1.09. The molecule has 0 amide bonds. The molecule has 1 heterocycles. The topological polar surface area (TPSA) is 8.17 Å². The van der Waals surface area contributed by atoms with E-state index in [0.29, 0.717) is 0 Å². The zero-order valence-corrected chi connectivity index (χ0v) is 36.1. The van der Waals surface area contributed by atoms with Crippen molar-refractivity contribution in [3.8, 4) is 50.2 Å². The molecule has 0 fully saturated rings. The Hall–Kier alpha value is -8.72. The maximum Gasteiger partial charge on any atom is 0.0541 e. The number of hydrogen-bond acceptors (Lipinski definition) is 1. The van der Waals surface area contributed by atoms with Gasteiger partial charge in [-0.15, -0.1) is 0 Å². The number of rotatable bonds is 8. The lowest BCUT2D eigenvalue weighted by atomic mass is 9.91. The molecule has 13 rings (SSSR count). The molecular weight excluding hydrogens is 797 g/mol. The normalized spacial score (nSPS) is 11.6. The van der Waals surface area contributed by atoms with E-state index in [9.17, 15) is 0 Å². The monoisotopic (exact) mass is 838 g/mol. The van der Waals surface area contributed by atoms with Crippen molar-refractivity contribution in [1.29, 1.82) is 0 Å². The van der Waals surface area contributed by atoms with Crippen LogP contribution in [0.1, 0.15) is 0 Å². The average molecular weight is 839 g/mol. The van der Waals surface area contributed by atoms with E-state index < -0.39 is 0 Å². The molecule has 0 aliphatic carbocycles. The largest absolute Gasteiger partial charge is 0.309 e. The predicted molar refractivity (Wildman–Crippen MR) is 281 cm³/mol. The van der Waals surface area contributed by atoms with E-state index in [-0.39, 0.29) is 0 Å². The molecule has 0 radical (unpaired) electrons. The molecule has 2 heteroatoms. The Bertz CT molecular complexity index is 3790. The standard InChI is InChI=1S/C64H42N2/c1-4-16-43(17-5-1)46-28-30-47(31-29-46)53-22-10-13-25-58(53)65(52-41-50(44-18-6-2-7-19-44)40-51(42-52)45-20-8-3-9-21-45)61-38-34-48-33-37-57-62(39-35-49-32-36-56(61)63(48)64(49)57)66-59-26-14-11-23-54(59)55-24-12-15-27-60(55)66/h1-42H. The van der Waals surface area contributed by atoms with Crippen molar-refractivity contribution >= 4 is 71.2 Å². The van der Waals surface area contributed by atoms with E-state index in [1.165, 1.54) is 82.1 Å². The highest BCUT2D eigenvalue weighted by atomic mass is 15.1. The Morgan fingerprint density at radius 1 is 0.273 bits per heavy atom. The van der Waals surface area contributed by atoms with Crippen molar-refractivity contribution in [3.63, 3.8) is 0 Å². The van der Waals surface area contributed by atoms with Crippen LogP contribution in [0, 0.1) is 0 Å². The fourth-order valence-corrected chi connectivity index (χ4v) is 10.5. The van der Waals surface area contributed by atoms with E-state index in [2.05, 4.69) is 264 Å². The van der Waals surface area contributed by atoms with Gasteiger partial charge in [-0.1, -0.05) is 206 Å². The smallest absolute Gasteiger partial charge is 0.0541 e. The summed E-state index contributed by atoms with van der Waals surface area (Å²) in [5.74, 6) is 0. The Morgan fingerprint density at radius 3 is 1.35 bits per heavy atom. The van der Waals surface area contributed by atoms with Gasteiger partial charge in [-0.25, -0.2) is 0 Å². The fourth-order valence-electron chi connectivity index (χ4n) is 10.5. The van der Waals surface area contributed by atoms with Crippen molar-refractivity contribution < 1.29 is 0 Å². The second-order valence-corrected chi connectivity index (χ2v) is 17.3. The summed E-state index contributed by atoms with van der Waals surface area (Å²) in [5.41, 5.74) is 16.3. The van der Waals surface area contributed by atoms with Gasteiger partial charge in [0.25, 0.3) is 0 Å². The molecular formula is C64H42N2. The van der Waals surface area contributed by atoms with Crippen LogP contribution in [0.15, 0.2) is 255 Å². The third-order valence-electron chi connectivity index (χ3n) is 13.5. The summed E-state index contributed by atoms with van der Waals surface area (Å²) in [7, 11) is 0. The highest BCUT2D eigenvalue weighted by molar-refractivity contribution is 6.27. The minimum Gasteiger partial charge on any atom is -0.309 e. The summed E-state index contributed by atoms with van der Waals surface area (Å²) in [6.45, 7) is 0. The molecule has 13 aromatic rings. The van der Waals surface area contributed by atoms with Crippen molar-refractivity contribution in [2.45, 2.75) is 0 Å². The van der Waals surface area contributed by atoms with Crippen LogP contribution >= 0.6 is 0 Å². The van der Waals surface area contributed by atoms with E-state index >= 15 is 0 Å². The van der Waals surface area contributed by atoms with Gasteiger partial charge >= 0.3 is 0 Å². The number of hydrogen-bond donors (Lipinski definition) is 0. The Kier molecular flexibility index (Phi) is 8.89. The van der Waals surface area contributed by atoms with Crippen LogP contribution in [0.2, 0.25) is 0 Å². The molecule has 2 nitrogen and oxygen atoms in total. The predicted octanol–water partition coefficient (Wildman–Crippen LogP) is 17.8. The van der Waals surface area contributed by atoms with Gasteiger partial charge in [-0.2, -0.15) is 0 Å². The summed E-state index contributed by atoms with van der Waals surface area (Å²) in [5, 5.41) is 9.95. The Morgan fingerprint density at radius 2 is 0.727 bits per heavy atom. The van der Waals surface area contributed by atoms with Crippen LogP contribution in [0.5, 0.6) is 0 Å². The highest BCUT2D eigenvalue weighted by Crippen LogP contribution is 2.49. The Labute approximate surface area is 383 Å². The molecule has 0 spiro atoms. The maximum absolute atomic E-state index is 2.51. The number of benzene rings is 12. The van der Waals surface area contributed by atoms with Gasteiger partial charge in [-0.3, -0.25) is 0 Å². The lowest BCUT2D eigenvalue weighted by Crippen LogP contribution is -2.12. The molecule has 0 aliphatic rings. The van der Waals surface area contributed by atoms with Crippen molar-refractivity contribution in [3.05, 3.63) is 255 Å². The van der Waals surface area contributed by atoms with Gasteiger partial charge in [0.05, 0.1) is 28.1 Å². The van der Waals surface area contributed by atoms with Crippen molar-refractivity contribution in [2.24, 2.45) is 0 Å². The first kappa shape index (κ1) is 37.8. The van der Waals surface area contributed by atoms with Gasteiger partial charge in [0.15, 0.2) is 0 Å². The zero-order chi connectivity index (χ0) is 43.6. The molecule has 66 heavy (non-hydrogen) atoms. The van der Waals surface area contributed by atoms with Crippen LogP contribution in [-0.2, 0) is 0 Å². The third kappa shape index (κ3) is 6.18. The second kappa shape index (κ2) is 15.5. The van der Waals surface area contributed by atoms with E-state index in [1.807, 2.05) is 0 Å². The lowest BCUT2D eigenvalue weighted by Gasteiger charge is -2.30. The summed E-state index contributed by atoms with van der Waals surface area (Å²) < 4.78 is 2.46. The number of nitrogens with zero attached hydrogens (tertiary/aromatic N) is 2. The SMILES string of the molecule is c1ccc(-c2ccc(-c3ccccc3N(c3cc(-c4ccccc4)cc(-c4ccccc4)c3)c3ccc4ccc5c(-n6c7ccccc7c7ccccc76)ccc6ccc3c4c65)cc2)cc1. The Balaban J connectivity index is 1.08. The van der Waals surface area contributed by atoms with Gasteiger partial charge in [0, 0.05) is 32.8 Å². The van der Waals surface area contributed by atoms with Crippen molar-refractivity contribution in [1.82, 2.24) is 4.57 Å². The molecule has 0 unspecified atom stereocenters. The molecule has 0 aliphatic heterocycles. The van der Waals surface area contributed by atoms with Crippen LogP contribution in [-0.4, -0.2) is 4.57 Å². The fraction of sp³-hybridized carbons (Fsp3) is 0. The highest BCUT2D eigenvalue weighted by Gasteiger charge is 2.24. The van der Waals surface area contributed by atoms with Gasteiger partial charge in [0.2, 0.25) is 0 Å². The van der Waals surface area contributed by atoms with Gasteiger partial charge < -0.3 is 9.47 Å². The molecule has 1 aromatic heterocycles. The first-order valence-electron chi connectivity index (χ1n) is 22.8. The number of para-hydroxylation sites is 3. The number of fused-ring (bicyclic) bond motifs is 3. The number of anilines is 3. The molecule has 0 bridgehead atoms. The number of aromatic nitrogens is 1. The first-order valence-corrected chi connectivity index (χ1v) is 22.8. The zero-order valence-electron chi connectivity index (χ0n) is 36.1. The van der Waals surface area contributed by atoms with E-state index in [4.69, 9.17) is 0 Å². The molecule has 0 atom stereocenters. The lowest BCUT2D eigenvalue weighted by molar-refractivity contribution is 1.20. The average Bonchev–Trinajstić information content (AvgIpc) is 3.73. The second-order valence-electron chi connectivity index (χ2n) is 17.3. The summed E-state index contributed by atoms with van der Waals surface area (Å²) in [4.78, 5) is 2.51. The van der Waals surface area contributed by atoms with E-state index in [0.717, 1.165) is 39.3 Å². The summed E-state index contributed by atoms with van der Waals surface area (Å²) in [6.07, 6.45) is 0. The third-order valence-corrected chi connectivity index (χ3v) is 13.5. The van der Waals surface area contributed by atoms with Gasteiger partial charge in [0.1, 0.15) is 0 Å². The van der Waals surface area contributed by atoms with Crippen molar-refractivity contribution in [2.75, 3.05) is 4.90 Å². The van der Waals surface area contributed by atoms with Gasteiger partial charge in [-0.05, 0) is 109 Å². The summed E-state index contributed by atoms with van der Waals surface area (Å²) >= 11 is 0. The molecule has 12 aromatic carbocycles. The molecule has 0 saturated carbocycles.